The van der Waals surface area contributed by atoms with Crippen LogP contribution >= 0.6 is 0 Å². The number of carbonyl (C=O) groups excluding carboxylic acids is 1. The van der Waals surface area contributed by atoms with Gasteiger partial charge in [-0.15, -0.1) is 0 Å². The number of allylic oxidation sites excluding steroid dienone is 2. The van der Waals surface area contributed by atoms with E-state index in [0.29, 0.717) is 30.3 Å². The van der Waals surface area contributed by atoms with Gasteiger partial charge >= 0.3 is 0 Å². The molecule has 2 rings (SSSR count). The number of benzene rings is 2. The summed E-state index contributed by atoms with van der Waals surface area (Å²) in [6.45, 7) is 13.1. The Bertz CT molecular complexity index is 894. The second-order valence-electron chi connectivity index (χ2n) is 7.47. The second kappa shape index (κ2) is 12.6. The van der Waals surface area contributed by atoms with Gasteiger partial charge in [0.2, 0.25) is 0 Å². The van der Waals surface area contributed by atoms with Crippen LogP contribution in [-0.2, 0) is 6.42 Å². The van der Waals surface area contributed by atoms with Crippen molar-refractivity contribution in [3.63, 3.8) is 0 Å². The van der Waals surface area contributed by atoms with Crippen LogP contribution in [0.15, 0.2) is 54.8 Å². The van der Waals surface area contributed by atoms with Crippen molar-refractivity contribution in [3.05, 3.63) is 71.5 Å². The van der Waals surface area contributed by atoms with Gasteiger partial charge in [0.25, 0.3) is 0 Å². The molecule has 0 aliphatic rings. The van der Waals surface area contributed by atoms with E-state index in [0.717, 1.165) is 48.3 Å². The monoisotopic (exact) mass is 422 g/mol. The Labute approximate surface area is 186 Å². The number of carbonyl (C=O) groups is 1. The maximum Gasteiger partial charge on any atom is 0.185 e. The summed E-state index contributed by atoms with van der Waals surface area (Å²) >= 11 is 0. The Hall–Kier alpha value is -3.01. The molecule has 166 valence electrons. The number of ether oxygens (including phenoxy) is 3. The van der Waals surface area contributed by atoms with Crippen LogP contribution in [0.1, 0.15) is 68.4 Å². The van der Waals surface area contributed by atoms with E-state index in [1.54, 1.807) is 37.3 Å². The Morgan fingerprint density at radius 3 is 2.16 bits per heavy atom. The second-order valence-corrected chi connectivity index (χ2v) is 7.47. The van der Waals surface area contributed by atoms with Gasteiger partial charge < -0.3 is 14.2 Å². The first kappa shape index (κ1) is 24.3. The normalized spacial score (nSPS) is 10.8. The third-order valence-electron chi connectivity index (χ3n) is 4.48. The van der Waals surface area contributed by atoms with Gasteiger partial charge in [0.15, 0.2) is 5.78 Å². The van der Waals surface area contributed by atoms with Crippen molar-refractivity contribution in [1.29, 1.82) is 0 Å². The molecule has 0 amide bonds. The molecular formula is C27H34O4. The molecule has 31 heavy (non-hydrogen) atoms. The van der Waals surface area contributed by atoms with Crippen molar-refractivity contribution < 1.29 is 19.0 Å². The van der Waals surface area contributed by atoms with E-state index in [-0.39, 0.29) is 5.78 Å². The molecule has 4 nitrogen and oxygen atoms in total. The van der Waals surface area contributed by atoms with Crippen molar-refractivity contribution >= 4 is 11.9 Å². The lowest BCUT2D eigenvalue weighted by Crippen LogP contribution is -2.03. The molecule has 2 aromatic carbocycles. The lowest BCUT2D eigenvalue weighted by Gasteiger charge is -2.16. The van der Waals surface area contributed by atoms with E-state index in [9.17, 15) is 4.79 Å². The summed E-state index contributed by atoms with van der Waals surface area (Å²) in [6.07, 6.45) is 7.19. The lowest BCUT2D eigenvalue weighted by molar-refractivity contribution is 0.104. The Morgan fingerprint density at radius 1 is 0.935 bits per heavy atom. The summed E-state index contributed by atoms with van der Waals surface area (Å²) in [7, 11) is 0. The maximum atomic E-state index is 12.7. The van der Waals surface area contributed by atoms with Crippen molar-refractivity contribution in [2.24, 2.45) is 0 Å². The summed E-state index contributed by atoms with van der Waals surface area (Å²) in [5, 5.41) is 0. The van der Waals surface area contributed by atoms with Crippen LogP contribution in [0.4, 0.5) is 0 Å². The zero-order chi connectivity index (χ0) is 22.6. The number of hydrogen-bond donors (Lipinski definition) is 0. The molecule has 0 saturated carbocycles. The molecule has 0 atom stereocenters. The van der Waals surface area contributed by atoms with Gasteiger partial charge in [-0.1, -0.05) is 33.8 Å². The smallest absolute Gasteiger partial charge is 0.185 e. The zero-order valence-electron chi connectivity index (χ0n) is 19.2. The van der Waals surface area contributed by atoms with Gasteiger partial charge in [-0.05, 0) is 74.2 Å². The summed E-state index contributed by atoms with van der Waals surface area (Å²) in [4.78, 5) is 12.7. The molecule has 0 unspecified atom stereocenters. The molecule has 0 heterocycles. The van der Waals surface area contributed by atoms with E-state index >= 15 is 0 Å². The predicted molar refractivity (Wildman–Crippen MR) is 127 cm³/mol. The molecule has 0 aliphatic heterocycles. The Kier molecular flexibility index (Phi) is 9.89. The molecule has 0 saturated heterocycles. The molecule has 0 aromatic heterocycles. The molecule has 0 fully saturated rings. The quantitative estimate of drug-likeness (QED) is 0.197. The highest BCUT2D eigenvalue weighted by molar-refractivity contribution is 6.07. The summed E-state index contributed by atoms with van der Waals surface area (Å²) in [5.41, 5.74) is 2.61. The molecule has 0 N–H and O–H groups in total. The summed E-state index contributed by atoms with van der Waals surface area (Å²) in [6, 6.07) is 11.1. The minimum absolute atomic E-state index is 0.0772. The fourth-order valence-electron chi connectivity index (χ4n) is 3.05. The van der Waals surface area contributed by atoms with Crippen LogP contribution in [0.25, 0.3) is 6.08 Å². The third kappa shape index (κ3) is 7.63. The fourth-order valence-corrected chi connectivity index (χ4v) is 3.05. The van der Waals surface area contributed by atoms with Gasteiger partial charge in [-0.25, -0.2) is 0 Å². The third-order valence-corrected chi connectivity index (χ3v) is 4.48. The first-order chi connectivity index (χ1) is 15.0. The largest absolute Gasteiger partial charge is 0.493 e. The van der Waals surface area contributed by atoms with Crippen LogP contribution in [0.2, 0.25) is 0 Å². The topological polar surface area (TPSA) is 44.8 Å². The first-order valence-corrected chi connectivity index (χ1v) is 11.1. The number of aryl methyl sites for hydroxylation is 1. The molecule has 4 heteroatoms. The van der Waals surface area contributed by atoms with E-state index in [1.165, 1.54) is 0 Å². The lowest BCUT2D eigenvalue weighted by atomic mass is 10.0. The van der Waals surface area contributed by atoms with Crippen LogP contribution < -0.4 is 14.2 Å². The average molecular weight is 423 g/mol. The molecular weight excluding hydrogens is 388 g/mol. The highest BCUT2D eigenvalue weighted by Crippen LogP contribution is 2.32. The van der Waals surface area contributed by atoms with Crippen LogP contribution in [0.3, 0.4) is 0 Å². The molecule has 0 radical (unpaired) electrons. The molecule has 2 aromatic rings. The van der Waals surface area contributed by atoms with Gasteiger partial charge in [-0.2, -0.15) is 0 Å². The van der Waals surface area contributed by atoms with Gasteiger partial charge in [-0.3, -0.25) is 4.79 Å². The number of rotatable bonds is 13. The van der Waals surface area contributed by atoms with Crippen LogP contribution in [0, 0.1) is 0 Å². The van der Waals surface area contributed by atoms with Gasteiger partial charge in [0.05, 0.1) is 19.0 Å². The fraction of sp³-hybridized carbons (Fsp3) is 0.370. The molecule has 0 spiro atoms. The Balaban J connectivity index is 2.29. The summed E-state index contributed by atoms with van der Waals surface area (Å²) < 4.78 is 17.4. The van der Waals surface area contributed by atoms with Crippen molar-refractivity contribution in [3.8, 4) is 17.2 Å². The van der Waals surface area contributed by atoms with Crippen molar-refractivity contribution in [1.82, 2.24) is 0 Å². The standard InChI is InChI=1S/C27H34O4/c1-6-9-22-18-23(27(30-17-8-3)19-26(22)29-16-7-2)12-15-25(28)21-10-13-24(14-11-21)31-20(4)5/h10-15,18-19H,4,6-9,16-17H2,1-3,5H3. The van der Waals surface area contributed by atoms with E-state index < -0.39 is 0 Å². The number of hydrogen-bond acceptors (Lipinski definition) is 4. The van der Waals surface area contributed by atoms with E-state index in [4.69, 9.17) is 14.2 Å². The van der Waals surface area contributed by atoms with E-state index in [2.05, 4.69) is 33.4 Å². The van der Waals surface area contributed by atoms with Crippen molar-refractivity contribution in [2.75, 3.05) is 13.2 Å². The van der Waals surface area contributed by atoms with Crippen LogP contribution in [0.5, 0.6) is 17.2 Å². The van der Waals surface area contributed by atoms with Crippen molar-refractivity contribution in [2.45, 2.75) is 53.4 Å². The summed E-state index contributed by atoms with van der Waals surface area (Å²) in [5.74, 6) is 2.79. The zero-order valence-corrected chi connectivity index (χ0v) is 19.2. The maximum absolute atomic E-state index is 12.7. The predicted octanol–water partition coefficient (Wildman–Crippen LogP) is 7.03. The Morgan fingerprint density at radius 2 is 1.58 bits per heavy atom. The minimum atomic E-state index is -0.0772. The van der Waals surface area contributed by atoms with E-state index in [1.807, 2.05) is 12.1 Å². The highest BCUT2D eigenvalue weighted by atomic mass is 16.5. The average Bonchev–Trinajstić information content (AvgIpc) is 2.76. The van der Waals surface area contributed by atoms with Gasteiger partial charge in [0, 0.05) is 17.2 Å². The van der Waals surface area contributed by atoms with Crippen LogP contribution in [-0.4, -0.2) is 19.0 Å². The SMILES string of the molecule is C=C(C)Oc1ccc(C(=O)C=Cc2cc(CCC)c(OCCC)cc2OCCC)cc1. The minimum Gasteiger partial charge on any atom is -0.493 e. The first-order valence-electron chi connectivity index (χ1n) is 11.1. The van der Waals surface area contributed by atoms with Gasteiger partial charge in [0.1, 0.15) is 17.2 Å². The number of ketones is 1. The highest BCUT2D eigenvalue weighted by Gasteiger charge is 2.11. The molecule has 0 bridgehead atoms. The molecule has 0 aliphatic carbocycles.